The number of aliphatic carboxylic acids is 1. The van der Waals surface area contributed by atoms with Crippen molar-refractivity contribution in [2.75, 3.05) is 23.4 Å². The minimum absolute atomic E-state index is 0.148. The van der Waals surface area contributed by atoms with Crippen molar-refractivity contribution in [1.82, 2.24) is 0 Å². The smallest absolute Gasteiger partial charge is 0.326 e. The average Bonchev–Trinajstić information content (AvgIpc) is 3.61. The number of amides is 1. The summed E-state index contributed by atoms with van der Waals surface area (Å²) in [6.07, 6.45) is 3.55. The van der Waals surface area contributed by atoms with E-state index in [4.69, 9.17) is 4.74 Å². The Morgan fingerprint density at radius 2 is 1.53 bits per heavy atom. The molecule has 0 aliphatic rings. The molecule has 0 bridgehead atoms. The normalized spacial score (nSPS) is 11.6. The van der Waals surface area contributed by atoms with Crippen molar-refractivity contribution in [1.29, 1.82) is 0 Å². The fourth-order valence-corrected chi connectivity index (χ4v) is 5.38. The molecule has 5 rings (SSSR count). The monoisotopic (exact) mass is 616 g/mol. The zero-order valence-electron chi connectivity index (χ0n) is 24.4. The summed E-state index contributed by atoms with van der Waals surface area (Å²) in [4.78, 5) is 40.1. The zero-order chi connectivity index (χ0) is 31.4. The van der Waals surface area contributed by atoms with Gasteiger partial charge in [-0.05, 0) is 70.4 Å². The van der Waals surface area contributed by atoms with Crippen LogP contribution in [0.3, 0.4) is 0 Å². The van der Waals surface area contributed by atoms with Crippen molar-refractivity contribution < 1.29 is 24.2 Å². The predicted molar refractivity (Wildman–Crippen MR) is 179 cm³/mol. The van der Waals surface area contributed by atoms with Crippen LogP contribution in [0.5, 0.6) is 5.75 Å². The number of benzene rings is 4. The number of carboxylic acid groups (broad SMARTS) is 1. The van der Waals surface area contributed by atoms with Crippen LogP contribution < -0.4 is 15.0 Å². The molecule has 0 aliphatic heterocycles. The van der Waals surface area contributed by atoms with Crippen molar-refractivity contribution in [3.8, 4) is 5.75 Å². The summed E-state index contributed by atoms with van der Waals surface area (Å²) in [5.41, 5.74) is 3.93. The molecule has 0 radical (unpaired) electrons. The molecule has 1 atom stereocenters. The first-order valence-electron chi connectivity index (χ1n) is 14.4. The largest absolute Gasteiger partial charge is 0.492 e. The van der Waals surface area contributed by atoms with E-state index in [1.54, 1.807) is 89.1 Å². The maximum atomic E-state index is 13.1. The number of para-hydroxylation sites is 2. The molecule has 5 aromatic rings. The number of hydrogen-bond donors (Lipinski definition) is 2. The highest BCUT2D eigenvalue weighted by molar-refractivity contribution is 7.08. The molecular weight excluding hydrogens is 584 g/mol. The number of carboxylic acids is 1. The Morgan fingerprint density at radius 3 is 2.22 bits per heavy atom. The van der Waals surface area contributed by atoms with Crippen LogP contribution in [-0.2, 0) is 16.0 Å². The molecular formula is C37H32N2O5S. The van der Waals surface area contributed by atoms with Gasteiger partial charge in [0.15, 0.2) is 5.78 Å². The number of ketones is 1. The Balaban J connectivity index is 1.20. The second-order valence-corrected chi connectivity index (χ2v) is 11.0. The zero-order valence-corrected chi connectivity index (χ0v) is 25.2. The quantitative estimate of drug-likeness (QED) is 0.101. The Bertz CT molecular complexity index is 1740. The van der Waals surface area contributed by atoms with E-state index < -0.39 is 12.0 Å². The van der Waals surface area contributed by atoms with E-state index in [1.165, 1.54) is 0 Å². The second-order valence-electron chi connectivity index (χ2n) is 10.2. The van der Waals surface area contributed by atoms with Gasteiger partial charge in [-0.2, -0.15) is 11.3 Å². The van der Waals surface area contributed by atoms with E-state index in [1.807, 2.05) is 65.4 Å². The Morgan fingerprint density at radius 1 is 0.844 bits per heavy atom. The molecule has 4 aromatic carbocycles. The lowest BCUT2D eigenvalue weighted by atomic mass is 10.00. The number of nitrogens with one attached hydrogen (secondary N) is 1. The van der Waals surface area contributed by atoms with Gasteiger partial charge in [0.1, 0.15) is 18.4 Å². The number of anilines is 2. The molecule has 0 spiro atoms. The number of hydrogen-bond acceptors (Lipinski definition) is 6. The van der Waals surface area contributed by atoms with Crippen LogP contribution in [0, 0.1) is 0 Å². The lowest BCUT2D eigenvalue weighted by Crippen LogP contribution is -2.33. The van der Waals surface area contributed by atoms with Crippen LogP contribution >= 0.6 is 11.3 Å². The molecule has 0 fully saturated rings. The molecule has 1 aromatic heterocycles. The van der Waals surface area contributed by atoms with Crippen molar-refractivity contribution in [3.05, 3.63) is 154 Å². The van der Waals surface area contributed by atoms with Gasteiger partial charge in [-0.3, -0.25) is 9.59 Å². The van der Waals surface area contributed by atoms with Gasteiger partial charge in [0.2, 0.25) is 0 Å². The third-order valence-corrected chi connectivity index (χ3v) is 7.78. The molecule has 8 heteroatoms. The summed E-state index contributed by atoms with van der Waals surface area (Å²) in [7, 11) is 0. The van der Waals surface area contributed by atoms with Gasteiger partial charge < -0.3 is 20.1 Å². The lowest BCUT2D eigenvalue weighted by Gasteiger charge is -2.21. The fraction of sp³-hybridized carbons (Fsp3) is 0.108. The summed E-state index contributed by atoms with van der Waals surface area (Å²) in [6, 6.07) is 33.4. The third kappa shape index (κ3) is 8.55. The van der Waals surface area contributed by atoms with Crippen LogP contribution in [0.4, 0.5) is 11.4 Å². The molecule has 0 aliphatic carbocycles. The topological polar surface area (TPSA) is 95.9 Å². The number of nitrogens with zero attached hydrogens (tertiary/aromatic N) is 1. The number of thiophene rings is 1. The van der Waals surface area contributed by atoms with Crippen molar-refractivity contribution in [2.24, 2.45) is 0 Å². The van der Waals surface area contributed by atoms with Crippen LogP contribution in [0.1, 0.15) is 27.0 Å². The maximum Gasteiger partial charge on any atom is 0.326 e. The van der Waals surface area contributed by atoms with E-state index in [0.29, 0.717) is 29.1 Å². The van der Waals surface area contributed by atoms with Crippen LogP contribution in [0.2, 0.25) is 0 Å². The van der Waals surface area contributed by atoms with E-state index in [-0.39, 0.29) is 24.7 Å². The summed E-state index contributed by atoms with van der Waals surface area (Å²) < 4.78 is 5.96. The van der Waals surface area contributed by atoms with Crippen LogP contribution in [-0.4, -0.2) is 42.0 Å². The molecule has 1 heterocycles. The molecule has 1 amide bonds. The predicted octanol–water partition coefficient (Wildman–Crippen LogP) is 7.21. The Labute approximate surface area is 266 Å². The highest BCUT2D eigenvalue weighted by Crippen LogP contribution is 2.22. The third-order valence-electron chi connectivity index (χ3n) is 7.08. The summed E-state index contributed by atoms with van der Waals surface area (Å²) in [5, 5.41) is 17.0. The molecule has 45 heavy (non-hydrogen) atoms. The van der Waals surface area contributed by atoms with Gasteiger partial charge in [-0.15, -0.1) is 0 Å². The highest BCUT2D eigenvalue weighted by Gasteiger charge is 2.21. The Kier molecular flexibility index (Phi) is 10.5. The molecule has 0 saturated carbocycles. The van der Waals surface area contributed by atoms with Crippen molar-refractivity contribution >= 4 is 46.4 Å². The standard InChI is InChI=1S/C37H32N2O5S/c40-35(20-17-28-21-24-45-26-28)39(30-11-5-2-6-12-30)22-23-44-31-18-15-27(16-19-31)25-34(37(42)43)38-33-14-8-7-13-32(33)36(41)29-9-3-1-4-10-29/h1-21,24,26,34,38H,22-23,25H2,(H,42,43). The first kappa shape index (κ1) is 31.0. The van der Waals surface area contributed by atoms with Gasteiger partial charge in [0.05, 0.1) is 6.54 Å². The number of rotatable bonds is 14. The molecule has 1 unspecified atom stereocenters. The van der Waals surface area contributed by atoms with E-state index >= 15 is 0 Å². The van der Waals surface area contributed by atoms with Crippen molar-refractivity contribution in [3.63, 3.8) is 0 Å². The van der Waals surface area contributed by atoms with Gasteiger partial charge in [0.25, 0.3) is 5.91 Å². The molecule has 2 N–H and O–H groups in total. The van der Waals surface area contributed by atoms with Gasteiger partial charge >= 0.3 is 5.97 Å². The molecule has 226 valence electrons. The number of carbonyl (C=O) groups is 3. The minimum Gasteiger partial charge on any atom is -0.492 e. The van der Waals surface area contributed by atoms with Crippen LogP contribution in [0.15, 0.2) is 132 Å². The molecule has 7 nitrogen and oxygen atoms in total. The summed E-state index contributed by atoms with van der Waals surface area (Å²) in [5.74, 6) is -0.761. The van der Waals surface area contributed by atoms with Gasteiger partial charge in [0, 0.05) is 35.0 Å². The van der Waals surface area contributed by atoms with E-state index in [0.717, 1.165) is 16.8 Å². The lowest BCUT2D eigenvalue weighted by molar-refractivity contribution is -0.137. The van der Waals surface area contributed by atoms with Crippen molar-refractivity contribution in [2.45, 2.75) is 12.5 Å². The fourth-order valence-electron chi connectivity index (χ4n) is 4.75. The summed E-state index contributed by atoms with van der Waals surface area (Å²) in [6.45, 7) is 0.600. The Hall–Kier alpha value is -5.47. The van der Waals surface area contributed by atoms with E-state index in [2.05, 4.69) is 5.32 Å². The summed E-state index contributed by atoms with van der Waals surface area (Å²) >= 11 is 1.57. The first-order valence-corrected chi connectivity index (χ1v) is 15.4. The number of carbonyl (C=O) groups excluding carboxylic acids is 2. The second kappa shape index (κ2) is 15.3. The number of ether oxygens (including phenoxy) is 1. The van der Waals surface area contributed by atoms with E-state index in [9.17, 15) is 19.5 Å². The van der Waals surface area contributed by atoms with Gasteiger partial charge in [-0.25, -0.2) is 4.79 Å². The minimum atomic E-state index is -1.03. The molecule has 0 saturated heterocycles. The highest BCUT2D eigenvalue weighted by atomic mass is 32.1. The average molecular weight is 617 g/mol. The van der Waals surface area contributed by atoms with Gasteiger partial charge in [-0.1, -0.05) is 72.8 Å². The maximum absolute atomic E-state index is 13.1. The first-order chi connectivity index (χ1) is 22.0. The SMILES string of the molecule is O=C(c1ccccc1)c1ccccc1NC(Cc1ccc(OCCN(C(=O)C=Cc2ccsc2)c2ccccc2)cc1)C(=O)O. The van der Waals surface area contributed by atoms with Crippen LogP contribution in [0.25, 0.3) is 6.08 Å².